The van der Waals surface area contributed by atoms with Crippen LogP contribution in [0.4, 0.5) is 5.82 Å². The molecule has 162 valence electrons. The van der Waals surface area contributed by atoms with Gasteiger partial charge in [-0.3, -0.25) is 0 Å². The number of ether oxygens (including phenoxy) is 2. The Kier molecular flexibility index (Phi) is 8.56. The molecule has 0 fully saturated rings. The minimum atomic E-state index is -1.15. The third-order valence-electron chi connectivity index (χ3n) is 4.50. The number of aromatic nitrogens is 3. The Morgan fingerprint density at radius 2 is 1.62 bits per heavy atom. The maximum absolute atomic E-state index is 11.0. The van der Waals surface area contributed by atoms with Gasteiger partial charge >= 0.3 is 0 Å². The summed E-state index contributed by atoms with van der Waals surface area (Å²) in [6.45, 7) is 16.3. The molecule has 0 N–H and O–H groups in total. The Morgan fingerprint density at radius 3 is 2.14 bits per heavy atom. The second kappa shape index (κ2) is 10.5. The summed E-state index contributed by atoms with van der Waals surface area (Å²) >= 11 is 0. The summed E-state index contributed by atoms with van der Waals surface area (Å²) in [4.78, 5) is 17.6. The average molecular weight is 437 g/mol. The van der Waals surface area contributed by atoms with Crippen molar-refractivity contribution < 1.29 is 14.3 Å². The topological polar surface area (TPSA) is 69.0 Å². The second-order valence-corrected chi connectivity index (χ2v) is 21.1. The zero-order chi connectivity index (χ0) is 21.5. The van der Waals surface area contributed by atoms with Crippen molar-refractivity contribution in [3.05, 3.63) is 24.0 Å². The van der Waals surface area contributed by atoms with E-state index in [9.17, 15) is 4.79 Å². The lowest BCUT2D eigenvalue weighted by Gasteiger charge is -2.26. The van der Waals surface area contributed by atoms with Gasteiger partial charge in [-0.1, -0.05) is 39.3 Å². The molecule has 0 aliphatic heterocycles. The van der Waals surface area contributed by atoms with E-state index in [2.05, 4.69) is 49.4 Å². The number of hydrogen-bond donors (Lipinski definition) is 0. The third kappa shape index (κ3) is 8.37. The van der Waals surface area contributed by atoms with Crippen molar-refractivity contribution in [1.29, 1.82) is 0 Å². The fourth-order valence-electron chi connectivity index (χ4n) is 2.64. The van der Waals surface area contributed by atoms with Gasteiger partial charge in [0.2, 0.25) is 0 Å². The number of hydrogen-bond acceptors (Lipinski definition) is 6. The van der Waals surface area contributed by atoms with Gasteiger partial charge in [0.15, 0.2) is 5.65 Å². The number of rotatable bonds is 13. The highest BCUT2D eigenvalue weighted by Gasteiger charge is 2.17. The van der Waals surface area contributed by atoms with E-state index >= 15 is 0 Å². The molecule has 2 aromatic rings. The minimum Gasteiger partial charge on any atom is -0.361 e. The van der Waals surface area contributed by atoms with Crippen molar-refractivity contribution in [2.75, 3.05) is 31.6 Å². The van der Waals surface area contributed by atoms with Crippen LogP contribution in [-0.4, -0.2) is 63.7 Å². The maximum atomic E-state index is 11.0. The summed E-state index contributed by atoms with van der Waals surface area (Å²) in [6, 6.07) is 5.97. The van der Waals surface area contributed by atoms with Crippen LogP contribution in [0.25, 0.3) is 5.65 Å². The highest BCUT2D eigenvalue weighted by Crippen LogP contribution is 2.19. The standard InChI is InChI=1S/C20H36N4O3Si2/c1-28(2,3)13-11-26-16-23(17-27-12-14-29(4,5)6)20-15-18(8-10-25)22-19-7-9-21-24(19)20/h7,9-10,15H,8,11-14,16-17H2,1-6H3. The van der Waals surface area contributed by atoms with Gasteiger partial charge in [-0.15, -0.1) is 0 Å². The fourth-order valence-corrected chi connectivity index (χ4v) is 4.15. The van der Waals surface area contributed by atoms with Crippen molar-refractivity contribution in [3.8, 4) is 0 Å². The molecule has 0 spiro atoms. The molecule has 0 unspecified atom stereocenters. The number of nitrogens with zero attached hydrogens (tertiary/aromatic N) is 4. The Balaban J connectivity index is 2.15. The summed E-state index contributed by atoms with van der Waals surface area (Å²) in [5, 5.41) is 4.40. The second-order valence-electron chi connectivity index (χ2n) is 9.81. The van der Waals surface area contributed by atoms with Gasteiger partial charge in [-0.05, 0) is 12.1 Å². The lowest BCUT2D eigenvalue weighted by molar-refractivity contribution is -0.107. The Hall–Kier alpha value is -1.56. The van der Waals surface area contributed by atoms with Crippen LogP contribution < -0.4 is 4.90 Å². The van der Waals surface area contributed by atoms with Gasteiger partial charge in [0.05, 0.1) is 11.9 Å². The molecular weight excluding hydrogens is 400 g/mol. The molecule has 0 saturated carbocycles. The van der Waals surface area contributed by atoms with Crippen molar-refractivity contribution in [2.45, 2.75) is 57.8 Å². The van der Waals surface area contributed by atoms with Crippen molar-refractivity contribution in [2.24, 2.45) is 0 Å². The molecule has 0 bridgehead atoms. The predicted molar refractivity (Wildman–Crippen MR) is 123 cm³/mol. The van der Waals surface area contributed by atoms with Crippen LogP contribution in [0.5, 0.6) is 0 Å². The lowest BCUT2D eigenvalue weighted by atomic mass is 10.3. The monoisotopic (exact) mass is 436 g/mol. The molecule has 7 nitrogen and oxygen atoms in total. The number of anilines is 1. The van der Waals surface area contributed by atoms with Crippen LogP contribution in [0.3, 0.4) is 0 Å². The van der Waals surface area contributed by atoms with Gasteiger partial charge in [0, 0.05) is 47.9 Å². The SMILES string of the molecule is C[Si](C)(C)CCOCN(COCC[Si](C)(C)C)c1cc(CC=O)nc2ccnn12. The Bertz CT molecular complexity index is 762. The van der Waals surface area contributed by atoms with Crippen molar-refractivity contribution in [3.63, 3.8) is 0 Å². The van der Waals surface area contributed by atoms with Gasteiger partial charge in [-0.25, -0.2) is 4.98 Å². The molecular formula is C20H36N4O3Si2. The molecule has 0 amide bonds. The molecule has 9 heteroatoms. The van der Waals surface area contributed by atoms with Crippen LogP contribution >= 0.6 is 0 Å². The summed E-state index contributed by atoms with van der Waals surface area (Å²) in [5.74, 6) is 0.831. The van der Waals surface area contributed by atoms with Crippen molar-refractivity contribution >= 4 is 33.9 Å². The van der Waals surface area contributed by atoms with Gasteiger partial charge in [-0.2, -0.15) is 9.61 Å². The zero-order valence-electron chi connectivity index (χ0n) is 18.8. The molecule has 2 heterocycles. The molecule has 0 radical (unpaired) electrons. The number of carbonyl (C=O) groups excluding carboxylic acids is 1. The molecule has 0 saturated heterocycles. The number of aldehydes is 1. The van der Waals surface area contributed by atoms with Crippen LogP contribution in [0.1, 0.15) is 5.69 Å². The van der Waals surface area contributed by atoms with E-state index in [0.717, 1.165) is 43.1 Å². The van der Waals surface area contributed by atoms with Crippen LogP contribution in [0, 0.1) is 0 Å². The largest absolute Gasteiger partial charge is 0.361 e. The summed E-state index contributed by atoms with van der Waals surface area (Å²) < 4.78 is 13.8. The van der Waals surface area contributed by atoms with E-state index in [0.29, 0.717) is 19.1 Å². The molecule has 2 aromatic heterocycles. The number of fused-ring (bicyclic) bond motifs is 1. The fraction of sp³-hybridized carbons (Fsp3) is 0.650. The molecule has 29 heavy (non-hydrogen) atoms. The van der Waals surface area contributed by atoms with E-state index in [-0.39, 0.29) is 6.42 Å². The van der Waals surface area contributed by atoms with E-state index in [1.54, 1.807) is 10.7 Å². The number of carbonyl (C=O) groups is 1. The van der Waals surface area contributed by atoms with Gasteiger partial charge in [0.1, 0.15) is 25.6 Å². The molecule has 0 aliphatic carbocycles. The average Bonchev–Trinajstić information content (AvgIpc) is 3.07. The third-order valence-corrected chi connectivity index (χ3v) is 7.91. The van der Waals surface area contributed by atoms with Crippen LogP contribution in [0.2, 0.25) is 51.4 Å². The van der Waals surface area contributed by atoms with E-state index in [1.807, 2.05) is 17.0 Å². The van der Waals surface area contributed by atoms with Gasteiger partial charge < -0.3 is 19.2 Å². The van der Waals surface area contributed by atoms with Gasteiger partial charge in [0.25, 0.3) is 0 Å². The zero-order valence-corrected chi connectivity index (χ0v) is 20.8. The van der Waals surface area contributed by atoms with E-state index in [4.69, 9.17) is 9.47 Å². The van der Waals surface area contributed by atoms with E-state index < -0.39 is 16.1 Å². The van der Waals surface area contributed by atoms with Crippen molar-refractivity contribution in [1.82, 2.24) is 14.6 Å². The summed E-state index contributed by atoms with van der Waals surface area (Å²) in [7, 11) is -2.30. The lowest BCUT2D eigenvalue weighted by Crippen LogP contribution is -2.33. The normalized spacial score (nSPS) is 12.5. The molecule has 0 aromatic carbocycles. The van der Waals surface area contributed by atoms with Crippen LogP contribution in [-0.2, 0) is 20.7 Å². The Morgan fingerprint density at radius 1 is 1.03 bits per heavy atom. The maximum Gasteiger partial charge on any atom is 0.157 e. The first-order valence-electron chi connectivity index (χ1n) is 10.3. The Labute approximate surface area is 176 Å². The minimum absolute atomic E-state index is 0.273. The summed E-state index contributed by atoms with van der Waals surface area (Å²) in [6.07, 6.45) is 2.86. The quantitative estimate of drug-likeness (QED) is 0.205. The first-order valence-corrected chi connectivity index (χ1v) is 17.7. The summed E-state index contributed by atoms with van der Waals surface area (Å²) in [5.41, 5.74) is 1.44. The first-order chi connectivity index (χ1) is 13.6. The smallest absolute Gasteiger partial charge is 0.157 e. The highest BCUT2D eigenvalue weighted by molar-refractivity contribution is 6.76. The molecule has 0 atom stereocenters. The predicted octanol–water partition coefficient (Wildman–Crippen LogP) is 3.90. The molecule has 0 aliphatic rings. The molecule has 2 rings (SSSR count). The van der Waals surface area contributed by atoms with E-state index in [1.165, 1.54) is 0 Å². The van der Waals surface area contributed by atoms with Crippen LogP contribution in [0.15, 0.2) is 18.3 Å². The first kappa shape index (κ1) is 23.7. The highest BCUT2D eigenvalue weighted by atomic mass is 28.3.